The van der Waals surface area contributed by atoms with Crippen molar-refractivity contribution < 1.29 is 13.2 Å². The Morgan fingerprint density at radius 2 is 1.80 bits per heavy atom. The number of carbonyl (C=O) groups excluding carboxylic acids is 1. The molecule has 0 aliphatic carbocycles. The first kappa shape index (κ1) is 22.1. The molecule has 0 radical (unpaired) electrons. The number of aromatic nitrogens is 2. The first-order valence-corrected chi connectivity index (χ1v) is 11.7. The van der Waals surface area contributed by atoms with Crippen LogP contribution < -0.4 is 10.0 Å². The lowest BCUT2D eigenvalue weighted by atomic mass is 10.1. The lowest BCUT2D eigenvalue weighted by Gasteiger charge is -2.21. The molecule has 3 rings (SSSR count). The van der Waals surface area contributed by atoms with Crippen LogP contribution in [0.4, 0.5) is 0 Å². The molecule has 3 aromatic rings. The molecule has 0 spiro atoms. The minimum absolute atomic E-state index is 0.0797. The van der Waals surface area contributed by atoms with Gasteiger partial charge in [0.25, 0.3) is 5.91 Å². The highest BCUT2D eigenvalue weighted by Gasteiger charge is 2.24. The van der Waals surface area contributed by atoms with Crippen LogP contribution in [-0.2, 0) is 16.6 Å². The van der Waals surface area contributed by atoms with E-state index in [2.05, 4.69) is 20.0 Å². The van der Waals surface area contributed by atoms with Gasteiger partial charge in [-0.1, -0.05) is 24.3 Å². The standard InChI is InChI=1S/C21H24N4O3S2/c1-14-18(29-20(24-14)16-10-7-8-12-22-16)19(26)23-13-15-9-5-6-11-17(15)30(27,28)25-21(2,3)4/h5-12,25H,13H2,1-4H3,(H,23,26). The topological polar surface area (TPSA) is 101 Å². The Morgan fingerprint density at radius 3 is 2.47 bits per heavy atom. The van der Waals surface area contributed by atoms with E-state index in [0.29, 0.717) is 26.8 Å². The van der Waals surface area contributed by atoms with Crippen LogP contribution in [0.25, 0.3) is 10.7 Å². The molecule has 30 heavy (non-hydrogen) atoms. The second-order valence-corrected chi connectivity index (χ2v) is 10.4. The van der Waals surface area contributed by atoms with E-state index in [9.17, 15) is 13.2 Å². The predicted molar refractivity (Wildman–Crippen MR) is 118 cm³/mol. The number of nitrogens with zero attached hydrogens (tertiary/aromatic N) is 2. The molecular formula is C21H24N4O3S2. The number of rotatable bonds is 6. The van der Waals surface area contributed by atoms with Crippen molar-refractivity contribution in [2.24, 2.45) is 0 Å². The Balaban J connectivity index is 1.79. The molecule has 1 amide bonds. The minimum Gasteiger partial charge on any atom is -0.347 e. The second-order valence-electron chi connectivity index (χ2n) is 7.79. The number of sulfonamides is 1. The predicted octanol–water partition coefficient (Wildman–Crippen LogP) is 3.52. The van der Waals surface area contributed by atoms with E-state index in [0.717, 1.165) is 0 Å². The third kappa shape index (κ3) is 5.29. The molecule has 2 aromatic heterocycles. The van der Waals surface area contributed by atoms with E-state index in [-0.39, 0.29) is 17.3 Å². The van der Waals surface area contributed by atoms with Crippen LogP contribution in [0, 0.1) is 6.92 Å². The van der Waals surface area contributed by atoms with Crippen molar-refractivity contribution in [3.05, 3.63) is 64.8 Å². The normalized spacial score (nSPS) is 12.0. The van der Waals surface area contributed by atoms with Gasteiger partial charge in [-0.2, -0.15) is 0 Å². The molecule has 158 valence electrons. The molecule has 0 saturated heterocycles. The Kier molecular flexibility index (Phi) is 6.35. The van der Waals surface area contributed by atoms with Gasteiger partial charge in [-0.05, 0) is 51.5 Å². The van der Waals surface area contributed by atoms with Crippen molar-refractivity contribution >= 4 is 27.3 Å². The smallest absolute Gasteiger partial charge is 0.263 e. The number of nitrogens with one attached hydrogen (secondary N) is 2. The zero-order chi connectivity index (χ0) is 21.9. The van der Waals surface area contributed by atoms with Crippen LogP contribution in [0.5, 0.6) is 0 Å². The van der Waals surface area contributed by atoms with E-state index < -0.39 is 15.6 Å². The molecule has 2 heterocycles. The van der Waals surface area contributed by atoms with Crippen LogP contribution in [0.15, 0.2) is 53.6 Å². The van der Waals surface area contributed by atoms with Crippen molar-refractivity contribution in [3.8, 4) is 10.7 Å². The average molecular weight is 445 g/mol. The fraction of sp³-hybridized carbons (Fsp3) is 0.286. The summed E-state index contributed by atoms with van der Waals surface area (Å²) < 4.78 is 28.2. The highest BCUT2D eigenvalue weighted by Crippen LogP contribution is 2.26. The molecule has 0 aliphatic rings. The lowest BCUT2D eigenvalue weighted by Crippen LogP contribution is -2.41. The summed E-state index contributed by atoms with van der Waals surface area (Å²) in [6, 6.07) is 12.1. The van der Waals surface area contributed by atoms with Crippen LogP contribution in [0.1, 0.15) is 41.7 Å². The van der Waals surface area contributed by atoms with Gasteiger partial charge in [0.15, 0.2) is 0 Å². The molecular weight excluding hydrogens is 420 g/mol. The van der Waals surface area contributed by atoms with E-state index in [1.54, 1.807) is 52.1 Å². The number of amides is 1. The number of thiazole rings is 1. The van der Waals surface area contributed by atoms with Crippen molar-refractivity contribution in [2.75, 3.05) is 0 Å². The molecule has 7 nitrogen and oxygen atoms in total. The third-order valence-corrected chi connectivity index (χ3v) is 7.07. The maximum atomic E-state index is 12.8. The number of pyridine rings is 1. The Bertz CT molecular complexity index is 1150. The molecule has 1 aromatic carbocycles. The van der Waals surface area contributed by atoms with E-state index in [1.807, 2.05) is 18.2 Å². The maximum Gasteiger partial charge on any atom is 0.263 e. The summed E-state index contributed by atoms with van der Waals surface area (Å²) in [5, 5.41) is 3.48. The summed E-state index contributed by atoms with van der Waals surface area (Å²) in [4.78, 5) is 22.1. The van der Waals surface area contributed by atoms with Gasteiger partial charge in [0, 0.05) is 18.3 Å². The van der Waals surface area contributed by atoms with Crippen LogP contribution in [-0.4, -0.2) is 29.8 Å². The fourth-order valence-corrected chi connectivity index (χ4v) is 5.45. The van der Waals surface area contributed by atoms with Gasteiger partial charge in [0.2, 0.25) is 10.0 Å². The Morgan fingerprint density at radius 1 is 1.10 bits per heavy atom. The average Bonchev–Trinajstić information content (AvgIpc) is 3.07. The summed E-state index contributed by atoms with van der Waals surface area (Å²) in [5.41, 5.74) is 1.20. The number of carbonyl (C=O) groups is 1. The highest BCUT2D eigenvalue weighted by atomic mass is 32.2. The fourth-order valence-electron chi connectivity index (χ4n) is 2.83. The van der Waals surface area contributed by atoms with E-state index in [4.69, 9.17) is 0 Å². The van der Waals surface area contributed by atoms with Crippen LogP contribution >= 0.6 is 11.3 Å². The maximum absolute atomic E-state index is 12.8. The van der Waals surface area contributed by atoms with Gasteiger partial charge < -0.3 is 5.32 Å². The first-order chi connectivity index (χ1) is 14.1. The van der Waals surface area contributed by atoms with Gasteiger partial charge in [0.05, 0.1) is 16.3 Å². The van der Waals surface area contributed by atoms with Gasteiger partial charge in [0.1, 0.15) is 9.88 Å². The quantitative estimate of drug-likeness (QED) is 0.606. The first-order valence-electron chi connectivity index (χ1n) is 9.36. The summed E-state index contributed by atoms with van der Waals surface area (Å²) in [6.45, 7) is 7.18. The summed E-state index contributed by atoms with van der Waals surface area (Å²) in [6.07, 6.45) is 1.68. The number of hydrogen-bond acceptors (Lipinski definition) is 6. The molecule has 2 N–H and O–H groups in total. The van der Waals surface area contributed by atoms with E-state index >= 15 is 0 Å². The monoisotopic (exact) mass is 444 g/mol. The zero-order valence-electron chi connectivity index (χ0n) is 17.3. The van der Waals surface area contributed by atoms with Crippen LogP contribution in [0.2, 0.25) is 0 Å². The molecule has 9 heteroatoms. The van der Waals surface area contributed by atoms with Gasteiger partial charge in [-0.3, -0.25) is 9.78 Å². The van der Waals surface area contributed by atoms with E-state index in [1.165, 1.54) is 17.4 Å². The van der Waals surface area contributed by atoms with Crippen molar-refractivity contribution in [2.45, 2.75) is 44.7 Å². The number of aryl methyl sites for hydroxylation is 1. The minimum atomic E-state index is -3.72. The molecule has 0 bridgehead atoms. The summed E-state index contributed by atoms with van der Waals surface area (Å²) >= 11 is 1.26. The number of hydrogen-bond donors (Lipinski definition) is 2. The number of benzene rings is 1. The SMILES string of the molecule is Cc1nc(-c2ccccn2)sc1C(=O)NCc1ccccc1S(=O)(=O)NC(C)(C)C. The largest absolute Gasteiger partial charge is 0.347 e. The zero-order valence-corrected chi connectivity index (χ0v) is 18.9. The molecule has 0 unspecified atom stereocenters. The molecule has 0 aliphatic heterocycles. The third-order valence-electron chi connectivity index (χ3n) is 4.03. The van der Waals surface area contributed by atoms with Gasteiger partial charge >= 0.3 is 0 Å². The second kappa shape index (κ2) is 8.63. The Hall–Kier alpha value is -2.62. The van der Waals surface area contributed by atoms with Gasteiger partial charge in [-0.15, -0.1) is 11.3 Å². The van der Waals surface area contributed by atoms with Gasteiger partial charge in [-0.25, -0.2) is 18.1 Å². The van der Waals surface area contributed by atoms with Crippen molar-refractivity contribution in [3.63, 3.8) is 0 Å². The molecule has 0 saturated carbocycles. The Labute approximate surface area is 180 Å². The highest BCUT2D eigenvalue weighted by molar-refractivity contribution is 7.89. The van der Waals surface area contributed by atoms with Crippen molar-refractivity contribution in [1.82, 2.24) is 20.0 Å². The summed E-state index contributed by atoms with van der Waals surface area (Å²) in [5.74, 6) is -0.303. The van der Waals surface area contributed by atoms with Crippen molar-refractivity contribution in [1.29, 1.82) is 0 Å². The van der Waals surface area contributed by atoms with Crippen LogP contribution in [0.3, 0.4) is 0 Å². The lowest BCUT2D eigenvalue weighted by molar-refractivity contribution is 0.0953. The summed E-state index contributed by atoms with van der Waals surface area (Å²) in [7, 11) is -3.72. The molecule has 0 atom stereocenters. The molecule has 0 fully saturated rings.